The molecular weight excluding hydrogens is 178 g/mol. The molecule has 9 nitrogen and oxygen atoms in total. The van der Waals surface area contributed by atoms with E-state index in [1.165, 1.54) is 0 Å². The van der Waals surface area contributed by atoms with Gasteiger partial charge in [-0.2, -0.15) is 8.42 Å². The zero-order valence-corrected chi connectivity index (χ0v) is 5.91. The van der Waals surface area contributed by atoms with E-state index in [0.717, 1.165) is 0 Å². The molecule has 0 saturated carbocycles. The maximum Gasteiger partial charge on any atom is 0.444 e. The fraction of sp³-hybridized carbons (Fsp3) is 0. The molecule has 1 saturated heterocycles. The number of hydroxylamine groups is 2. The Kier molecular flexibility index (Phi) is 1.69. The van der Waals surface area contributed by atoms with Gasteiger partial charge in [0.25, 0.3) is 5.96 Å². The molecule has 0 radical (unpaired) electrons. The largest absolute Gasteiger partial charge is 0.444 e. The highest BCUT2D eigenvalue weighted by Crippen LogP contribution is 2.07. The van der Waals surface area contributed by atoms with Crippen molar-refractivity contribution in [1.82, 2.24) is 10.3 Å². The van der Waals surface area contributed by atoms with Gasteiger partial charge in [-0.1, -0.05) is 0 Å². The van der Waals surface area contributed by atoms with Gasteiger partial charge in [0.1, 0.15) is 0 Å². The first-order valence-electron chi connectivity index (χ1n) is 2.25. The van der Waals surface area contributed by atoms with Crippen LogP contribution in [0.5, 0.6) is 0 Å². The summed E-state index contributed by atoms with van der Waals surface area (Å²) in [6.45, 7) is 0. The summed E-state index contributed by atoms with van der Waals surface area (Å²) in [5.41, 5.74) is 0. The number of hydrogen-bond donors (Lipinski definition) is 3. The van der Waals surface area contributed by atoms with Crippen molar-refractivity contribution >= 4 is 16.4 Å². The van der Waals surface area contributed by atoms with Gasteiger partial charge in [0.05, 0.1) is 0 Å². The third-order valence-electron chi connectivity index (χ3n) is 0.761. The average molecular weight is 183 g/mol. The van der Waals surface area contributed by atoms with Crippen molar-refractivity contribution in [3.63, 3.8) is 0 Å². The molecule has 64 valence electrons. The summed E-state index contributed by atoms with van der Waals surface area (Å²) in [5.74, 6) is 9.06. The summed E-state index contributed by atoms with van der Waals surface area (Å²) in [5, 5.41) is 7.17. The number of hydrogen-bond acceptors (Lipinski definition) is 7. The Labute approximate surface area is 61.7 Å². The highest BCUT2D eigenvalue weighted by Gasteiger charge is 2.32. The minimum atomic E-state index is -4.25. The molecule has 1 aliphatic rings. The first kappa shape index (κ1) is 8.16. The van der Waals surface area contributed by atoms with Crippen molar-refractivity contribution in [2.24, 2.45) is 11.7 Å². The molecule has 10 heteroatoms. The van der Waals surface area contributed by atoms with E-state index >= 15 is 0 Å². The quantitative estimate of drug-likeness (QED) is 0.348. The van der Waals surface area contributed by atoms with Crippen LogP contribution in [-0.4, -0.2) is 24.7 Å². The lowest BCUT2D eigenvalue weighted by molar-refractivity contribution is -0.117. The van der Waals surface area contributed by atoms with Crippen LogP contribution in [0.1, 0.15) is 0 Å². The van der Waals surface area contributed by atoms with Crippen molar-refractivity contribution in [3.05, 3.63) is 0 Å². The molecule has 0 aliphatic carbocycles. The first-order chi connectivity index (χ1) is 4.92. The summed E-state index contributed by atoms with van der Waals surface area (Å²) in [4.78, 5) is 0. The van der Waals surface area contributed by atoms with Gasteiger partial charge in [-0.3, -0.25) is 5.41 Å². The van der Waals surface area contributed by atoms with Crippen LogP contribution in [0.4, 0.5) is 0 Å². The number of hydrazine groups is 2. The minimum absolute atomic E-state index is 0.152. The molecular formula is CH5N5O4S. The van der Waals surface area contributed by atoms with Crippen LogP contribution in [0.25, 0.3) is 0 Å². The molecule has 5 N–H and O–H groups in total. The molecule has 0 bridgehead atoms. The van der Waals surface area contributed by atoms with Crippen LogP contribution < -0.4 is 11.7 Å². The average Bonchev–Trinajstić information content (AvgIpc) is 1.81. The Morgan fingerprint density at radius 2 is 1.64 bits per heavy atom. The lowest BCUT2D eigenvalue weighted by Gasteiger charge is -2.27. The fourth-order valence-corrected chi connectivity index (χ4v) is 0.940. The number of nitrogens with two attached hydrogens (primary N) is 2. The SMILES string of the molecule is N=C1N(N)OS(=O)(=O)ON1N. The molecule has 0 atom stereocenters. The van der Waals surface area contributed by atoms with Crippen LogP contribution in [0, 0.1) is 5.41 Å². The second kappa shape index (κ2) is 2.28. The van der Waals surface area contributed by atoms with E-state index in [0.29, 0.717) is 0 Å². The van der Waals surface area contributed by atoms with E-state index in [-0.39, 0.29) is 10.3 Å². The molecule has 1 rings (SSSR count). The molecule has 0 aromatic heterocycles. The summed E-state index contributed by atoms with van der Waals surface area (Å²) in [6.07, 6.45) is 0. The molecule has 0 aromatic carbocycles. The van der Waals surface area contributed by atoms with Gasteiger partial charge in [-0.15, -0.1) is 18.9 Å². The Morgan fingerprint density at radius 3 is 2.00 bits per heavy atom. The van der Waals surface area contributed by atoms with Gasteiger partial charge in [0.15, 0.2) is 0 Å². The van der Waals surface area contributed by atoms with E-state index in [2.05, 4.69) is 8.57 Å². The normalized spacial score (nSPS) is 24.0. The monoisotopic (exact) mass is 183 g/mol. The highest BCUT2D eigenvalue weighted by molar-refractivity contribution is 7.81. The summed E-state index contributed by atoms with van der Waals surface area (Å²) < 4.78 is 28.6. The smallest absolute Gasteiger partial charge is 0.263 e. The van der Waals surface area contributed by atoms with Crippen LogP contribution in [0.2, 0.25) is 0 Å². The lowest BCUT2D eigenvalue weighted by Crippen LogP contribution is -2.56. The van der Waals surface area contributed by atoms with Crippen molar-refractivity contribution in [2.75, 3.05) is 0 Å². The topological polar surface area (TPSA) is 135 Å². The molecule has 1 heterocycles. The van der Waals surface area contributed by atoms with Gasteiger partial charge >= 0.3 is 10.4 Å². The van der Waals surface area contributed by atoms with Crippen molar-refractivity contribution < 1.29 is 17.0 Å². The van der Waals surface area contributed by atoms with Gasteiger partial charge in [0.2, 0.25) is 0 Å². The first-order valence-corrected chi connectivity index (χ1v) is 3.58. The van der Waals surface area contributed by atoms with Crippen LogP contribution >= 0.6 is 0 Å². The zero-order chi connectivity index (χ0) is 8.65. The molecule has 0 amide bonds. The molecule has 0 spiro atoms. The lowest BCUT2D eigenvalue weighted by atomic mass is 11.0. The van der Waals surface area contributed by atoms with Crippen LogP contribution in [0.3, 0.4) is 0 Å². The zero-order valence-electron chi connectivity index (χ0n) is 5.09. The van der Waals surface area contributed by atoms with E-state index in [1.807, 2.05) is 0 Å². The number of rotatable bonds is 0. The Balaban J connectivity index is 2.87. The van der Waals surface area contributed by atoms with E-state index in [9.17, 15) is 8.42 Å². The van der Waals surface area contributed by atoms with Crippen molar-refractivity contribution in [3.8, 4) is 0 Å². The predicted octanol–water partition coefficient (Wildman–Crippen LogP) is -2.61. The summed E-state index contributed by atoms with van der Waals surface area (Å²) in [7, 11) is -4.25. The van der Waals surface area contributed by atoms with Crippen LogP contribution in [-0.2, 0) is 19.0 Å². The molecule has 1 fully saturated rings. The van der Waals surface area contributed by atoms with E-state index < -0.39 is 16.4 Å². The van der Waals surface area contributed by atoms with E-state index in [1.54, 1.807) is 0 Å². The number of nitrogens with one attached hydrogen (secondary N) is 1. The minimum Gasteiger partial charge on any atom is -0.263 e. The second-order valence-corrected chi connectivity index (χ2v) is 2.65. The van der Waals surface area contributed by atoms with Gasteiger partial charge in [-0.05, 0) is 0 Å². The van der Waals surface area contributed by atoms with Gasteiger partial charge in [-0.25, -0.2) is 11.7 Å². The summed E-state index contributed by atoms with van der Waals surface area (Å²) in [6, 6.07) is 0. The second-order valence-electron chi connectivity index (χ2n) is 1.53. The van der Waals surface area contributed by atoms with Gasteiger partial charge in [0, 0.05) is 0 Å². The number of nitrogens with zero attached hydrogens (tertiary/aromatic N) is 2. The Morgan fingerprint density at radius 1 is 1.27 bits per heavy atom. The fourth-order valence-electron chi connectivity index (χ4n) is 0.378. The third-order valence-corrected chi connectivity index (χ3v) is 1.45. The standard InChI is InChI=1S/CH5N5O4S/c2-1-5(3)9-11(7,8)10-6(1)4/h2H,3-4H2. The summed E-state index contributed by atoms with van der Waals surface area (Å²) >= 11 is 0. The maximum absolute atomic E-state index is 10.4. The molecule has 0 aromatic rings. The Hall–Kier alpha value is -0.940. The highest BCUT2D eigenvalue weighted by atomic mass is 32.3. The van der Waals surface area contributed by atoms with Crippen LogP contribution in [0.15, 0.2) is 0 Å². The third kappa shape index (κ3) is 1.55. The van der Waals surface area contributed by atoms with Gasteiger partial charge < -0.3 is 0 Å². The van der Waals surface area contributed by atoms with Crippen molar-refractivity contribution in [1.29, 1.82) is 5.41 Å². The molecule has 11 heavy (non-hydrogen) atoms. The molecule has 0 unspecified atom stereocenters. The Bertz CT molecular complexity index is 250. The molecule has 1 aliphatic heterocycles. The number of guanidine groups is 1. The predicted molar refractivity (Wildman–Crippen MR) is 30.9 cm³/mol. The van der Waals surface area contributed by atoms with E-state index in [4.69, 9.17) is 17.1 Å². The van der Waals surface area contributed by atoms with Crippen molar-refractivity contribution in [2.45, 2.75) is 0 Å². The maximum atomic E-state index is 10.4.